The Hall–Kier alpha value is -0.800. The molecule has 1 aliphatic rings. The Morgan fingerprint density at radius 1 is 1.44 bits per heavy atom. The van der Waals surface area contributed by atoms with Crippen molar-refractivity contribution in [1.82, 2.24) is 10.6 Å². The highest BCUT2D eigenvalue weighted by molar-refractivity contribution is 7.80. The second-order valence-corrected chi connectivity index (χ2v) is 4.95. The zero-order chi connectivity index (χ0) is 11.5. The van der Waals surface area contributed by atoms with Crippen molar-refractivity contribution in [2.75, 3.05) is 0 Å². The van der Waals surface area contributed by atoms with E-state index in [-0.39, 0.29) is 6.04 Å². The van der Waals surface area contributed by atoms with Crippen LogP contribution in [0, 0.1) is 0 Å². The molecule has 4 heteroatoms. The average Bonchev–Trinajstić information content (AvgIpc) is 3.01. The van der Waals surface area contributed by atoms with Crippen LogP contribution in [0.2, 0.25) is 5.02 Å². The van der Waals surface area contributed by atoms with Gasteiger partial charge >= 0.3 is 0 Å². The first-order chi connectivity index (χ1) is 7.66. The molecule has 0 amide bonds. The van der Waals surface area contributed by atoms with Crippen molar-refractivity contribution >= 4 is 28.9 Å². The summed E-state index contributed by atoms with van der Waals surface area (Å²) in [4.78, 5) is 0. The fourth-order valence-electron chi connectivity index (χ4n) is 1.56. The summed E-state index contributed by atoms with van der Waals surface area (Å²) in [6.07, 6.45) is 2.45. The van der Waals surface area contributed by atoms with E-state index in [1.54, 1.807) is 0 Å². The Balaban J connectivity index is 1.93. The largest absolute Gasteiger partial charge is 0.360 e. The molecule has 1 saturated carbocycles. The van der Waals surface area contributed by atoms with E-state index >= 15 is 0 Å². The van der Waals surface area contributed by atoms with E-state index in [4.69, 9.17) is 23.8 Å². The lowest BCUT2D eigenvalue weighted by Gasteiger charge is -2.18. The van der Waals surface area contributed by atoms with Crippen LogP contribution in [0.1, 0.15) is 31.4 Å². The molecular weight excluding hydrogens is 240 g/mol. The Labute approximate surface area is 106 Å². The zero-order valence-electron chi connectivity index (χ0n) is 9.16. The number of halogens is 1. The SMILES string of the molecule is CC(NC(=S)NC1CC1)c1ccccc1Cl. The summed E-state index contributed by atoms with van der Waals surface area (Å²) in [5, 5.41) is 7.99. The first kappa shape index (κ1) is 11.7. The first-order valence-corrected chi connectivity index (χ1v) is 6.27. The maximum Gasteiger partial charge on any atom is 0.166 e. The number of thiocarbonyl (C=S) groups is 1. The van der Waals surface area contributed by atoms with Crippen LogP contribution in [0.4, 0.5) is 0 Å². The maximum absolute atomic E-state index is 6.12. The van der Waals surface area contributed by atoms with E-state index < -0.39 is 0 Å². The fraction of sp³-hybridized carbons (Fsp3) is 0.417. The van der Waals surface area contributed by atoms with Crippen LogP contribution >= 0.6 is 23.8 Å². The summed E-state index contributed by atoms with van der Waals surface area (Å²) < 4.78 is 0. The second kappa shape index (κ2) is 5.02. The topological polar surface area (TPSA) is 24.1 Å². The highest BCUT2D eigenvalue weighted by Gasteiger charge is 2.22. The molecule has 86 valence electrons. The molecule has 1 unspecified atom stereocenters. The molecule has 1 aromatic rings. The lowest BCUT2D eigenvalue weighted by Crippen LogP contribution is -2.38. The third-order valence-corrected chi connectivity index (χ3v) is 3.21. The summed E-state index contributed by atoms with van der Waals surface area (Å²) in [5.74, 6) is 0. The number of nitrogens with one attached hydrogen (secondary N) is 2. The Bertz CT molecular complexity index is 390. The van der Waals surface area contributed by atoms with Crippen LogP contribution in [0.3, 0.4) is 0 Å². The Kier molecular flexibility index (Phi) is 3.66. The standard InChI is InChI=1S/C12H15ClN2S/c1-8(10-4-2-3-5-11(10)13)14-12(16)15-9-6-7-9/h2-5,8-9H,6-7H2,1H3,(H2,14,15,16). The molecule has 0 saturated heterocycles. The van der Waals surface area contributed by atoms with E-state index in [1.165, 1.54) is 12.8 Å². The van der Waals surface area contributed by atoms with Crippen LogP contribution in [0.15, 0.2) is 24.3 Å². The van der Waals surface area contributed by atoms with Gasteiger partial charge in [0.25, 0.3) is 0 Å². The summed E-state index contributed by atoms with van der Waals surface area (Å²) >= 11 is 11.3. The van der Waals surface area contributed by atoms with Crippen molar-refractivity contribution in [2.24, 2.45) is 0 Å². The molecule has 0 aliphatic heterocycles. The molecule has 16 heavy (non-hydrogen) atoms. The molecule has 0 heterocycles. The van der Waals surface area contributed by atoms with E-state index in [2.05, 4.69) is 17.6 Å². The van der Waals surface area contributed by atoms with Gasteiger partial charge in [-0.25, -0.2) is 0 Å². The molecule has 1 aromatic carbocycles. The van der Waals surface area contributed by atoms with Crippen molar-refractivity contribution in [3.8, 4) is 0 Å². The summed E-state index contributed by atoms with van der Waals surface area (Å²) in [6.45, 7) is 2.06. The van der Waals surface area contributed by atoms with Crippen molar-refractivity contribution in [3.05, 3.63) is 34.9 Å². The normalized spacial score (nSPS) is 16.6. The quantitative estimate of drug-likeness (QED) is 0.811. The number of hydrogen-bond donors (Lipinski definition) is 2. The van der Waals surface area contributed by atoms with E-state index in [0.29, 0.717) is 6.04 Å². The minimum Gasteiger partial charge on any atom is -0.360 e. The van der Waals surface area contributed by atoms with Crippen molar-refractivity contribution in [1.29, 1.82) is 0 Å². The van der Waals surface area contributed by atoms with Crippen LogP contribution in [-0.4, -0.2) is 11.2 Å². The minimum absolute atomic E-state index is 0.132. The van der Waals surface area contributed by atoms with Crippen molar-refractivity contribution < 1.29 is 0 Å². The number of benzene rings is 1. The third kappa shape index (κ3) is 3.09. The van der Waals surface area contributed by atoms with Gasteiger partial charge in [-0.2, -0.15) is 0 Å². The molecule has 2 N–H and O–H groups in total. The highest BCUT2D eigenvalue weighted by atomic mass is 35.5. The molecular formula is C12H15ClN2S. The molecule has 1 aliphatic carbocycles. The second-order valence-electron chi connectivity index (χ2n) is 4.14. The summed E-state index contributed by atoms with van der Waals surface area (Å²) in [6, 6.07) is 8.54. The van der Waals surface area contributed by atoms with Gasteiger partial charge in [0, 0.05) is 11.1 Å². The highest BCUT2D eigenvalue weighted by Crippen LogP contribution is 2.22. The molecule has 1 atom stereocenters. The summed E-state index contributed by atoms with van der Waals surface area (Å²) in [7, 11) is 0. The Morgan fingerprint density at radius 3 is 2.75 bits per heavy atom. The van der Waals surface area contributed by atoms with E-state index in [0.717, 1.165) is 15.7 Å². The van der Waals surface area contributed by atoms with Crippen LogP contribution in [0.25, 0.3) is 0 Å². The molecule has 0 bridgehead atoms. The molecule has 1 fully saturated rings. The third-order valence-electron chi connectivity index (χ3n) is 2.63. The number of rotatable bonds is 3. The van der Waals surface area contributed by atoms with E-state index in [9.17, 15) is 0 Å². The molecule has 2 rings (SSSR count). The molecule has 0 spiro atoms. The smallest absolute Gasteiger partial charge is 0.166 e. The van der Waals surface area contributed by atoms with Crippen molar-refractivity contribution in [3.63, 3.8) is 0 Å². The first-order valence-electron chi connectivity index (χ1n) is 5.48. The molecule has 2 nitrogen and oxygen atoms in total. The predicted octanol–water partition coefficient (Wildman–Crippen LogP) is 3.03. The van der Waals surface area contributed by atoms with Gasteiger partial charge in [0.15, 0.2) is 5.11 Å². The van der Waals surface area contributed by atoms with Gasteiger partial charge in [-0.05, 0) is 43.6 Å². The van der Waals surface area contributed by atoms with Gasteiger partial charge in [-0.15, -0.1) is 0 Å². The van der Waals surface area contributed by atoms with Gasteiger partial charge in [0.2, 0.25) is 0 Å². The van der Waals surface area contributed by atoms with Gasteiger partial charge in [0.05, 0.1) is 6.04 Å². The van der Waals surface area contributed by atoms with Gasteiger partial charge in [-0.3, -0.25) is 0 Å². The van der Waals surface area contributed by atoms with Gasteiger partial charge < -0.3 is 10.6 Å². The minimum atomic E-state index is 0.132. The zero-order valence-corrected chi connectivity index (χ0v) is 10.7. The van der Waals surface area contributed by atoms with Gasteiger partial charge in [0.1, 0.15) is 0 Å². The van der Waals surface area contributed by atoms with Gasteiger partial charge in [-0.1, -0.05) is 29.8 Å². The lowest BCUT2D eigenvalue weighted by atomic mass is 10.1. The van der Waals surface area contributed by atoms with E-state index in [1.807, 2.05) is 24.3 Å². The van der Waals surface area contributed by atoms with Crippen LogP contribution < -0.4 is 10.6 Å². The van der Waals surface area contributed by atoms with Crippen molar-refractivity contribution in [2.45, 2.75) is 31.8 Å². The molecule has 0 aromatic heterocycles. The maximum atomic E-state index is 6.12. The Morgan fingerprint density at radius 2 is 2.12 bits per heavy atom. The number of hydrogen-bond acceptors (Lipinski definition) is 1. The lowest BCUT2D eigenvalue weighted by molar-refractivity contribution is 0.697. The molecule has 0 radical (unpaired) electrons. The fourth-order valence-corrected chi connectivity index (χ4v) is 2.20. The monoisotopic (exact) mass is 254 g/mol. The average molecular weight is 255 g/mol. The van der Waals surface area contributed by atoms with Crippen LogP contribution in [0.5, 0.6) is 0 Å². The summed E-state index contributed by atoms with van der Waals surface area (Å²) in [5.41, 5.74) is 1.07. The predicted molar refractivity (Wildman–Crippen MR) is 71.8 cm³/mol. The van der Waals surface area contributed by atoms with Crippen LogP contribution in [-0.2, 0) is 0 Å².